The van der Waals surface area contributed by atoms with Gasteiger partial charge in [0.25, 0.3) is 0 Å². The fourth-order valence-electron chi connectivity index (χ4n) is 2.16. The Morgan fingerprint density at radius 2 is 2.41 bits per heavy atom. The molecule has 0 aliphatic heterocycles. The van der Waals surface area contributed by atoms with Crippen LogP contribution in [-0.2, 0) is 22.9 Å². The van der Waals surface area contributed by atoms with Crippen LogP contribution in [0.3, 0.4) is 0 Å². The summed E-state index contributed by atoms with van der Waals surface area (Å²) >= 11 is 0. The van der Waals surface area contributed by atoms with E-state index in [0.717, 1.165) is 37.8 Å². The van der Waals surface area contributed by atoms with E-state index < -0.39 is 10.0 Å². The summed E-state index contributed by atoms with van der Waals surface area (Å²) in [6.45, 7) is 1.99. The van der Waals surface area contributed by atoms with Crippen LogP contribution < -0.4 is 4.72 Å². The number of rotatable bonds is 5. The lowest BCUT2D eigenvalue weighted by Gasteiger charge is -2.22. The minimum atomic E-state index is -3.11. The third-order valence-electron chi connectivity index (χ3n) is 3.13. The van der Waals surface area contributed by atoms with Gasteiger partial charge in [0, 0.05) is 18.2 Å². The molecule has 1 heterocycles. The average Bonchev–Trinajstić information content (AvgIpc) is 2.73. The van der Waals surface area contributed by atoms with E-state index >= 15 is 0 Å². The van der Waals surface area contributed by atoms with Gasteiger partial charge in [-0.3, -0.25) is 5.10 Å². The second-order valence-corrected chi connectivity index (χ2v) is 6.48. The Balaban J connectivity index is 1.93. The molecule has 17 heavy (non-hydrogen) atoms. The van der Waals surface area contributed by atoms with Crippen LogP contribution in [0.2, 0.25) is 0 Å². The lowest BCUT2D eigenvalue weighted by atomic mass is 9.95. The van der Waals surface area contributed by atoms with Crippen molar-refractivity contribution in [3.05, 3.63) is 17.5 Å². The number of fused-ring (bicyclic) bond motifs is 1. The zero-order chi connectivity index (χ0) is 12.3. The van der Waals surface area contributed by atoms with Crippen LogP contribution >= 0.6 is 0 Å². The number of aromatic nitrogens is 2. The second kappa shape index (κ2) is 5.18. The van der Waals surface area contributed by atoms with Crippen molar-refractivity contribution in [2.24, 2.45) is 0 Å². The first-order valence-electron chi connectivity index (χ1n) is 6.12. The van der Waals surface area contributed by atoms with E-state index in [1.807, 2.05) is 13.1 Å². The number of hydrogen-bond donors (Lipinski definition) is 2. The SMILES string of the molecule is CCCCS(=O)(=O)NC1CCc2cn[nH]c2C1. The fraction of sp³-hybridized carbons (Fsp3) is 0.727. The number of H-pyrrole nitrogens is 1. The molecule has 0 fully saturated rings. The molecule has 0 bridgehead atoms. The van der Waals surface area contributed by atoms with Gasteiger partial charge in [-0.15, -0.1) is 0 Å². The molecule has 1 aromatic heterocycles. The largest absolute Gasteiger partial charge is 0.282 e. The maximum atomic E-state index is 11.8. The smallest absolute Gasteiger partial charge is 0.211 e. The molecule has 0 amide bonds. The molecule has 0 saturated carbocycles. The Labute approximate surface area is 102 Å². The molecular weight excluding hydrogens is 238 g/mol. The Bertz CT molecular complexity index is 467. The monoisotopic (exact) mass is 257 g/mol. The predicted molar refractivity (Wildman–Crippen MR) is 66.2 cm³/mol. The molecule has 0 aromatic carbocycles. The van der Waals surface area contributed by atoms with Crippen LogP contribution in [0.4, 0.5) is 0 Å². The van der Waals surface area contributed by atoms with Gasteiger partial charge in [-0.25, -0.2) is 13.1 Å². The quantitative estimate of drug-likeness (QED) is 0.826. The molecule has 6 heteroatoms. The van der Waals surface area contributed by atoms with Crippen LogP contribution in [0.5, 0.6) is 0 Å². The Kier molecular flexibility index (Phi) is 3.83. The lowest BCUT2D eigenvalue weighted by molar-refractivity contribution is 0.502. The van der Waals surface area contributed by atoms with E-state index in [-0.39, 0.29) is 11.8 Å². The van der Waals surface area contributed by atoms with Crippen molar-refractivity contribution in [2.45, 2.75) is 45.1 Å². The number of nitrogens with zero attached hydrogens (tertiary/aromatic N) is 1. The van der Waals surface area contributed by atoms with Crippen molar-refractivity contribution in [3.63, 3.8) is 0 Å². The van der Waals surface area contributed by atoms with E-state index in [9.17, 15) is 8.42 Å². The van der Waals surface area contributed by atoms with Crippen LogP contribution in [0, 0.1) is 0 Å². The van der Waals surface area contributed by atoms with Crippen LogP contribution in [0.1, 0.15) is 37.4 Å². The van der Waals surface area contributed by atoms with Crippen molar-refractivity contribution in [1.29, 1.82) is 0 Å². The van der Waals surface area contributed by atoms with Crippen molar-refractivity contribution in [3.8, 4) is 0 Å². The third kappa shape index (κ3) is 3.29. The van der Waals surface area contributed by atoms with Crippen LogP contribution in [-0.4, -0.2) is 30.4 Å². The highest BCUT2D eigenvalue weighted by Crippen LogP contribution is 2.19. The maximum Gasteiger partial charge on any atom is 0.211 e. The lowest BCUT2D eigenvalue weighted by Crippen LogP contribution is -2.39. The standard InChI is InChI=1S/C11H19N3O2S/c1-2-3-6-17(15,16)14-10-5-4-9-8-12-13-11(9)7-10/h8,10,14H,2-7H2,1H3,(H,12,13). The van der Waals surface area contributed by atoms with Crippen molar-refractivity contribution < 1.29 is 8.42 Å². The van der Waals surface area contributed by atoms with E-state index in [4.69, 9.17) is 0 Å². The van der Waals surface area contributed by atoms with Crippen LogP contribution in [0.25, 0.3) is 0 Å². The number of nitrogens with one attached hydrogen (secondary N) is 2. The van der Waals surface area contributed by atoms with Crippen molar-refractivity contribution in [2.75, 3.05) is 5.75 Å². The molecule has 1 aliphatic rings. The molecule has 5 nitrogen and oxygen atoms in total. The van der Waals surface area contributed by atoms with E-state index in [2.05, 4.69) is 14.9 Å². The number of unbranched alkanes of at least 4 members (excludes halogenated alkanes) is 1. The third-order valence-corrected chi connectivity index (χ3v) is 4.65. The van der Waals surface area contributed by atoms with Gasteiger partial charge >= 0.3 is 0 Å². The number of aromatic amines is 1. The summed E-state index contributed by atoms with van der Waals surface area (Å²) in [6.07, 6.45) is 5.93. The summed E-state index contributed by atoms with van der Waals surface area (Å²) in [7, 11) is -3.11. The summed E-state index contributed by atoms with van der Waals surface area (Å²) in [5.74, 6) is 0.232. The molecule has 2 rings (SSSR count). The van der Waals surface area contributed by atoms with Gasteiger partial charge in [0.2, 0.25) is 10.0 Å². The van der Waals surface area contributed by atoms with Gasteiger partial charge in [0.1, 0.15) is 0 Å². The average molecular weight is 257 g/mol. The van der Waals surface area contributed by atoms with Gasteiger partial charge in [0.05, 0.1) is 11.9 Å². The highest BCUT2D eigenvalue weighted by atomic mass is 32.2. The molecule has 96 valence electrons. The van der Waals surface area contributed by atoms with Crippen molar-refractivity contribution in [1.82, 2.24) is 14.9 Å². The number of aryl methyl sites for hydroxylation is 1. The van der Waals surface area contributed by atoms with Gasteiger partial charge in [0.15, 0.2) is 0 Å². The van der Waals surface area contributed by atoms with Crippen molar-refractivity contribution >= 4 is 10.0 Å². The predicted octanol–water partition coefficient (Wildman–Crippen LogP) is 0.987. The van der Waals surface area contributed by atoms with E-state index in [1.165, 1.54) is 5.56 Å². The Morgan fingerprint density at radius 1 is 1.59 bits per heavy atom. The minimum Gasteiger partial charge on any atom is -0.282 e. The summed E-state index contributed by atoms with van der Waals surface area (Å²) < 4.78 is 26.3. The van der Waals surface area contributed by atoms with Gasteiger partial charge in [-0.2, -0.15) is 5.10 Å². The zero-order valence-corrected chi connectivity index (χ0v) is 10.9. The highest BCUT2D eigenvalue weighted by molar-refractivity contribution is 7.89. The zero-order valence-electron chi connectivity index (χ0n) is 10.1. The molecule has 2 N–H and O–H groups in total. The van der Waals surface area contributed by atoms with E-state index in [0.29, 0.717) is 0 Å². The normalized spacial score (nSPS) is 20.2. The molecular formula is C11H19N3O2S. The summed E-state index contributed by atoms with van der Waals surface area (Å²) in [6, 6.07) is 0.0183. The molecule has 1 aliphatic carbocycles. The fourth-order valence-corrected chi connectivity index (χ4v) is 3.65. The first-order chi connectivity index (χ1) is 8.11. The minimum absolute atomic E-state index is 0.0183. The Hall–Kier alpha value is -0.880. The highest BCUT2D eigenvalue weighted by Gasteiger charge is 2.23. The first kappa shape index (κ1) is 12.6. The van der Waals surface area contributed by atoms with Gasteiger partial charge < -0.3 is 0 Å². The number of hydrogen-bond acceptors (Lipinski definition) is 3. The maximum absolute atomic E-state index is 11.8. The second-order valence-electron chi connectivity index (χ2n) is 4.60. The number of sulfonamides is 1. The summed E-state index contributed by atoms with van der Waals surface area (Å²) in [5.41, 5.74) is 2.29. The molecule has 0 spiro atoms. The molecule has 1 atom stereocenters. The molecule has 0 saturated heterocycles. The molecule has 1 unspecified atom stereocenters. The van der Waals surface area contributed by atoms with Gasteiger partial charge in [-0.1, -0.05) is 13.3 Å². The van der Waals surface area contributed by atoms with E-state index in [1.54, 1.807) is 0 Å². The van der Waals surface area contributed by atoms with Gasteiger partial charge in [-0.05, 0) is 24.8 Å². The summed E-state index contributed by atoms with van der Waals surface area (Å²) in [5, 5.41) is 6.91. The summed E-state index contributed by atoms with van der Waals surface area (Å²) in [4.78, 5) is 0. The molecule has 1 aromatic rings. The van der Waals surface area contributed by atoms with Crippen LogP contribution in [0.15, 0.2) is 6.20 Å². The topological polar surface area (TPSA) is 74.8 Å². The Morgan fingerprint density at radius 3 is 3.18 bits per heavy atom. The molecule has 0 radical (unpaired) electrons. The first-order valence-corrected chi connectivity index (χ1v) is 7.77.